The van der Waals surface area contributed by atoms with Crippen LogP contribution in [0.1, 0.15) is 22.8 Å². The van der Waals surface area contributed by atoms with Crippen LogP contribution in [-0.4, -0.2) is 42.7 Å². The average molecular weight is 254 g/mol. The van der Waals surface area contributed by atoms with Gasteiger partial charge in [-0.05, 0) is 39.2 Å². The van der Waals surface area contributed by atoms with Gasteiger partial charge in [-0.3, -0.25) is 0 Å². The number of carbonyl (C=O) groups is 1. The first-order chi connectivity index (χ1) is 8.40. The zero-order chi connectivity index (χ0) is 13.7. The number of halogens is 1. The van der Waals surface area contributed by atoms with Gasteiger partial charge in [-0.25, -0.2) is 9.18 Å². The summed E-state index contributed by atoms with van der Waals surface area (Å²) in [5.41, 5.74) is 0.481. The Hall–Kier alpha value is -1.46. The zero-order valence-corrected chi connectivity index (χ0v) is 10.9. The third-order valence-corrected chi connectivity index (χ3v) is 2.57. The minimum atomic E-state index is -1.04. The van der Waals surface area contributed by atoms with E-state index >= 15 is 0 Å². The van der Waals surface area contributed by atoms with Gasteiger partial charge < -0.3 is 15.3 Å². The molecule has 0 heterocycles. The van der Waals surface area contributed by atoms with Crippen LogP contribution in [-0.2, 0) is 6.54 Å². The molecule has 0 fully saturated rings. The summed E-state index contributed by atoms with van der Waals surface area (Å²) in [5.74, 6) is -1.43. The smallest absolute Gasteiger partial charge is 0.335 e. The van der Waals surface area contributed by atoms with Crippen molar-refractivity contribution in [2.75, 3.05) is 20.6 Å². The van der Waals surface area contributed by atoms with Crippen molar-refractivity contribution in [2.24, 2.45) is 0 Å². The maximum absolute atomic E-state index is 13.5. The molecule has 1 unspecified atom stereocenters. The lowest BCUT2D eigenvalue weighted by Gasteiger charge is -2.18. The van der Waals surface area contributed by atoms with E-state index in [1.165, 1.54) is 18.2 Å². The first kappa shape index (κ1) is 14.6. The standard InChI is InChI=1S/C13H19FN2O2/c1-9(8-16(2)3)15-7-11-6-10(13(17)18)4-5-12(11)14/h4-6,9,15H,7-8H2,1-3H3,(H,17,18). The summed E-state index contributed by atoms with van der Waals surface area (Å²) >= 11 is 0. The van der Waals surface area contributed by atoms with Crippen molar-refractivity contribution in [1.29, 1.82) is 0 Å². The van der Waals surface area contributed by atoms with E-state index in [4.69, 9.17) is 5.11 Å². The van der Waals surface area contributed by atoms with E-state index in [2.05, 4.69) is 5.32 Å². The quantitative estimate of drug-likeness (QED) is 0.809. The zero-order valence-electron chi connectivity index (χ0n) is 10.9. The molecule has 0 bridgehead atoms. The molecule has 1 aromatic carbocycles. The number of nitrogens with one attached hydrogen (secondary N) is 1. The van der Waals surface area contributed by atoms with Crippen molar-refractivity contribution in [3.63, 3.8) is 0 Å². The second-order valence-electron chi connectivity index (χ2n) is 4.66. The Morgan fingerprint density at radius 3 is 2.72 bits per heavy atom. The SMILES string of the molecule is CC(CN(C)C)NCc1cc(C(=O)O)ccc1F. The van der Waals surface area contributed by atoms with Crippen LogP contribution >= 0.6 is 0 Å². The maximum Gasteiger partial charge on any atom is 0.335 e. The molecule has 0 aliphatic carbocycles. The lowest BCUT2D eigenvalue weighted by Crippen LogP contribution is -2.35. The molecular formula is C13H19FN2O2. The molecule has 1 atom stereocenters. The summed E-state index contributed by atoms with van der Waals surface area (Å²) in [4.78, 5) is 12.8. The van der Waals surface area contributed by atoms with E-state index in [9.17, 15) is 9.18 Å². The van der Waals surface area contributed by atoms with Gasteiger partial charge >= 0.3 is 5.97 Å². The minimum absolute atomic E-state index is 0.105. The highest BCUT2D eigenvalue weighted by Crippen LogP contribution is 2.11. The summed E-state index contributed by atoms with van der Waals surface area (Å²) in [6.07, 6.45) is 0. The highest BCUT2D eigenvalue weighted by Gasteiger charge is 2.09. The molecule has 0 aliphatic rings. The first-order valence-electron chi connectivity index (χ1n) is 5.80. The minimum Gasteiger partial charge on any atom is -0.478 e. The van der Waals surface area contributed by atoms with E-state index in [0.717, 1.165) is 6.54 Å². The molecule has 0 radical (unpaired) electrons. The van der Waals surface area contributed by atoms with Gasteiger partial charge in [0.05, 0.1) is 5.56 Å². The second-order valence-corrected chi connectivity index (χ2v) is 4.66. The Kier molecular flexibility index (Phi) is 5.25. The van der Waals surface area contributed by atoms with Gasteiger partial charge in [0.2, 0.25) is 0 Å². The van der Waals surface area contributed by atoms with E-state index in [1.807, 2.05) is 25.9 Å². The van der Waals surface area contributed by atoms with E-state index in [-0.39, 0.29) is 17.4 Å². The normalized spacial score (nSPS) is 12.7. The van der Waals surface area contributed by atoms with Crippen LogP contribution in [0.2, 0.25) is 0 Å². The molecule has 100 valence electrons. The molecule has 0 saturated heterocycles. The van der Waals surface area contributed by atoms with Crippen LogP contribution in [0.5, 0.6) is 0 Å². The number of carboxylic acids is 1. The van der Waals surface area contributed by atoms with Crippen LogP contribution in [0.4, 0.5) is 4.39 Å². The largest absolute Gasteiger partial charge is 0.478 e. The monoisotopic (exact) mass is 254 g/mol. The highest BCUT2D eigenvalue weighted by atomic mass is 19.1. The van der Waals surface area contributed by atoms with Crippen LogP contribution in [0.15, 0.2) is 18.2 Å². The van der Waals surface area contributed by atoms with Crippen LogP contribution in [0, 0.1) is 5.82 Å². The summed E-state index contributed by atoms with van der Waals surface area (Å²) < 4.78 is 13.5. The Bertz CT molecular complexity index is 421. The Balaban J connectivity index is 2.66. The topological polar surface area (TPSA) is 52.6 Å². The highest BCUT2D eigenvalue weighted by molar-refractivity contribution is 5.87. The maximum atomic E-state index is 13.5. The fraction of sp³-hybridized carbons (Fsp3) is 0.462. The lowest BCUT2D eigenvalue weighted by molar-refractivity contribution is 0.0696. The number of rotatable bonds is 6. The molecule has 1 aromatic rings. The van der Waals surface area contributed by atoms with Crippen LogP contribution in [0.25, 0.3) is 0 Å². The summed E-state index contributed by atoms with van der Waals surface area (Å²) in [7, 11) is 3.92. The van der Waals surface area contributed by atoms with Gasteiger partial charge in [0.25, 0.3) is 0 Å². The van der Waals surface area contributed by atoms with Crippen molar-refractivity contribution in [1.82, 2.24) is 10.2 Å². The number of hydrogen-bond donors (Lipinski definition) is 2. The third-order valence-electron chi connectivity index (χ3n) is 2.57. The number of aromatic carboxylic acids is 1. The number of benzene rings is 1. The second kappa shape index (κ2) is 6.47. The summed E-state index contributed by atoms with van der Waals surface area (Å²) in [5, 5.41) is 12.0. The Morgan fingerprint density at radius 2 is 2.17 bits per heavy atom. The molecule has 0 spiro atoms. The van der Waals surface area contributed by atoms with Crippen LogP contribution < -0.4 is 5.32 Å². The molecule has 2 N–H and O–H groups in total. The van der Waals surface area contributed by atoms with Gasteiger partial charge in [0.15, 0.2) is 0 Å². The summed E-state index contributed by atoms with van der Waals surface area (Å²) in [6, 6.07) is 4.03. The van der Waals surface area contributed by atoms with Crippen molar-refractivity contribution in [3.8, 4) is 0 Å². The predicted octanol–water partition coefficient (Wildman–Crippen LogP) is 1.56. The molecule has 0 saturated carbocycles. The first-order valence-corrected chi connectivity index (χ1v) is 5.80. The molecule has 5 heteroatoms. The van der Waals surface area contributed by atoms with Gasteiger partial charge in [0, 0.05) is 24.7 Å². The van der Waals surface area contributed by atoms with E-state index in [0.29, 0.717) is 12.1 Å². The van der Waals surface area contributed by atoms with Crippen molar-refractivity contribution < 1.29 is 14.3 Å². The van der Waals surface area contributed by atoms with Gasteiger partial charge in [-0.15, -0.1) is 0 Å². The van der Waals surface area contributed by atoms with Crippen molar-refractivity contribution in [3.05, 3.63) is 35.1 Å². The molecule has 0 aliphatic heterocycles. The third kappa shape index (κ3) is 4.43. The van der Waals surface area contributed by atoms with Crippen molar-refractivity contribution >= 4 is 5.97 Å². The van der Waals surface area contributed by atoms with E-state index in [1.54, 1.807) is 0 Å². The molecule has 4 nitrogen and oxygen atoms in total. The Morgan fingerprint density at radius 1 is 1.50 bits per heavy atom. The average Bonchev–Trinajstić information content (AvgIpc) is 2.26. The fourth-order valence-corrected chi connectivity index (χ4v) is 1.74. The van der Waals surface area contributed by atoms with Gasteiger partial charge in [-0.1, -0.05) is 0 Å². The number of nitrogens with zero attached hydrogens (tertiary/aromatic N) is 1. The Labute approximate surface area is 106 Å². The molecular weight excluding hydrogens is 235 g/mol. The predicted molar refractivity (Wildman–Crippen MR) is 68.2 cm³/mol. The molecule has 18 heavy (non-hydrogen) atoms. The van der Waals surface area contributed by atoms with E-state index < -0.39 is 5.97 Å². The summed E-state index contributed by atoms with van der Waals surface area (Å²) in [6.45, 7) is 3.15. The number of hydrogen-bond acceptors (Lipinski definition) is 3. The molecule has 0 amide bonds. The van der Waals surface area contributed by atoms with Crippen LogP contribution in [0.3, 0.4) is 0 Å². The number of carboxylic acid groups (broad SMARTS) is 1. The molecule has 1 rings (SSSR count). The van der Waals surface area contributed by atoms with Gasteiger partial charge in [0.1, 0.15) is 5.82 Å². The molecule has 0 aromatic heterocycles. The van der Waals surface area contributed by atoms with Gasteiger partial charge in [-0.2, -0.15) is 0 Å². The number of likely N-dealkylation sites (N-methyl/N-ethyl adjacent to an activating group) is 1. The fourth-order valence-electron chi connectivity index (χ4n) is 1.74. The van der Waals surface area contributed by atoms with Crippen molar-refractivity contribution in [2.45, 2.75) is 19.5 Å². The lowest BCUT2D eigenvalue weighted by atomic mass is 10.1.